The van der Waals surface area contributed by atoms with E-state index in [1.807, 2.05) is 37.8 Å². The lowest BCUT2D eigenvalue weighted by Crippen LogP contribution is -2.62. The van der Waals surface area contributed by atoms with Crippen LogP contribution in [0.25, 0.3) is 0 Å². The molecule has 1 aromatic rings. The second kappa shape index (κ2) is 6.25. The van der Waals surface area contributed by atoms with Gasteiger partial charge in [-0.3, -0.25) is 4.90 Å². The van der Waals surface area contributed by atoms with Gasteiger partial charge < -0.3 is 9.47 Å². The summed E-state index contributed by atoms with van der Waals surface area (Å²) in [6, 6.07) is 3.73. The first kappa shape index (κ1) is 18.7. The second-order valence-corrected chi connectivity index (χ2v) is 9.76. The minimum Gasteiger partial charge on any atom is -0.473 e. The Morgan fingerprint density at radius 2 is 1.80 bits per heavy atom. The van der Waals surface area contributed by atoms with Gasteiger partial charge in [0.2, 0.25) is 5.88 Å². The standard InChI is InChI=1S/C18H26IN3O3/c1-16(2,3)25-15(23)22-17(4)8-9-18(22,5)11-12(10-17)24-14-7-6-13(19)20-21-14/h6-7,12H,8-11H2,1-5H3/t12?,17-,18+. The maximum atomic E-state index is 12.8. The predicted octanol–water partition coefficient (Wildman–Crippen LogP) is 4.17. The molecule has 2 aliphatic rings. The van der Waals surface area contributed by atoms with Crippen molar-refractivity contribution in [1.82, 2.24) is 15.1 Å². The van der Waals surface area contributed by atoms with Crippen LogP contribution < -0.4 is 4.74 Å². The SMILES string of the molecule is CC(C)(C)OC(=O)N1[C@@]2(C)CC[C@]1(C)CC(Oc1ccc(I)nn1)C2. The summed E-state index contributed by atoms with van der Waals surface area (Å²) in [5, 5.41) is 8.15. The average molecular weight is 459 g/mol. The van der Waals surface area contributed by atoms with Crippen LogP contribution in [-0.2, 0) is 4.74 Å². The van der Waals surface area contributed by atoms with Crippen LogP contribution in [0.4, 0.5) is 4.79 Å². The van der Waals surface area contributed by atoms with Gasteiger partial charge in [0, 0.05) is 30.0 Å². The summed E-state index contributed by atoms with van der Waals surface area (Å²) in [5.41, 5.74) is -0.999. The Kier molecular flexibility index (Phi) is 4.66. The first-order valence-electron chi connectivity index (χ1n) is 8.70. The Morgan fingerprint density at radius 3 is 2.28 bits per heavy atom. The largest absolute Gasteiger partial charge is 0.473 e. The van der Waals surface area contributed by atoms with Gasteiger partial charge in [-0.1, -0.05) is 0 Å². The molecule has 1 aromatic heterocycles. The van der Waals surface area contributed by atoms with E-state index in [-0.39, 0.29) is 23.3 Å². The number of halogens is 1. The van der Waals surface area contributed by atoms with Gasteiger partial charge in [0.1, 0.15) is 15.4 Å². The fourth-order valence-corrected chi connectivity index (χ4v) is 4.51. The normalized spacial score (nSPS) is 31.8. The lowest BCUT2D eigenvalue weighted by atomic mass is 9.84. The maximum Gasteiger partial charge on any atom is 0.411 e. The zero-order chi connectivity index (χ0) is 18.5. The molecule has 1 unspecified atom stereocenters. The Morgan fingerprint density at radius 1 is 1.20 bits per heavy atom. The maximum absolute atomic E-state index is 12.8. The highest BCUT2D eigenvalue weighted by Gasteiger charge is 2.59. The molecule has 2 aliphatic heterocycles. The zero-order valence-electron chi connectivity index (χ0n) is 15.5. The van der Waals surface area contributed by atoms with Crippen LogP contribution in [-0.4, -0.2) is 44.0 Å². The van der Waals surface area contributed by atoms with Crippen molar-refractivity contribution in [3.63, 3.8) is 0 Å². The van der Waals surface area contributed by atoms with Crippen molar-refractivity contribution in [3.05, 3.63) is 15.8 Å². The number of carbonyl (C=O) groups excluding carboxylic acids is 1. The van der Waals surface area contributed by atoms with Crippen LogP contribution in [0.15, 0.2) is 12.1 Å². The zero-order valence-corrected chi connectivity index (χ0v) is 17.7. The second-order valence-electron chi connectivity index (χ2n) is 8.65. The highest BCUT2D eigenvalue weighted by Crippen LogP contribution is 2.51. The molecule has 3 rings (SSSR count). The molecule has 2 saturated heterocycles. The summed E-state index contributed by atoms with van der Waals surface area (Å²) in [5.74, 6) is 0.544. The number of fused-ring (bicyclic) bond motifs is 2. The van der Waals surface area contributed by atoms with Crippen molar-refractivity contribution < 1.29 is 14.3 Å². The number of hydrogen-bond donors (Lipinski definition) is 0. The molecule has 3 heterocycles. The van der Waals surface area contributed by atoms with Gasteiger partial charge in [-0.25, -0.2) is 4.79 Å². The smallest absolute Gasteiger partial charge is 0.411 e. The van der Waals surface area contributed by atoms with Gasteiger partial charge in [0.25, 0.3) is 0 Å². The van der Waals surface area contributed by atoms with Gasteiger partial charge in [-0.15, -0.1) is 10.2 Å². The predicted molar refractivity (Wildman–Crippen MR) is 103 cm³/mol. The monoisotopic (exact) mass is 459 g/mol. The Balaban J connectivity index is 1.77. The summed E-state index contributed by atoms with van der Waals surface area (Å²) in [6.45, 7) is 9.99. The van der Waals surface area contributed by atoms with Gasteiger partial charge >= 0.3 is 6.09 Å². The molecule has 0 spiro atoms. The molecule has 25 heavy (non-hydrogen) atoms. The van der Waals surface area contributed by atoms with Crippen LogP contribution in [0.3, 0.4) is 0 Å². The number of aromatic nitrogens is 2. The summed E-state index contributed by atoms with van der Waals surface area (Å²) in [4.78, 5) is 14.8. The lowest BCUT2D eigenvalue weighted by molar-refractivity contribution is -0.0584. The third-order valence-electron chi connectivity index (χ3n) is 5.09. The lowest BCUT2D eigenvalue weighted by Gasteiger charge is -2.50. The third-order valence-corrected chi connectivity index (χ3v) is 5.66. The van der Waals surface area contributed by atoms with Gasteiger partial charge in [-0.05, 0) is 76.1 Å². The molecule has 3 atom stereocenters. The molecular formula is C18H26IN3O3. The molecule has 2 fully saturated rings. The van der Waals surface area contributed by atoms with E-state index >= 15 is 0 Å². The molecule has 0 aliphatic carbocycles. The van der Waals surface area contributed by atoms with Gasteiger partial charge in [0.15, 0.2) is 0 Å². The fourth-order valence-electron chi connectivity index (χ4n) is 4.22. The minimum atomic E-state index is -0.493. The van der Waals surface area contributed by atoms with E-state index in [2.05, 4.69) is 46.6 Å². The quantitative estimate of drug-likeness (QED) is 0.622. The highest BCUT2D eigenvalue weighted by atomic mass is 127. The van der Waals surface area contributed by atoms with E-state index in [1.165, 1.54) is 0 Å². The summed E-state index contributed by atoms with van der Waals surface area (Å²) in [6.07, 6.45) is 3.26. The van der Waals surface area contributed by atoms with E-state index in [1.54, 1.807) is 0 Å². The Labute approximate surface area is 162 Å². The van der Waals surface area contributed by atoms with Crippen molar-refractivity contribution in [2.24, 2.45) is 0 Å². The van der Waals surface area contributed by atoms with Crippen LogP contribution in [0.1, 0.15) is 60.3 Å². The molecule has 6 nitrogen and oxygen atoms in total. The molecule has 0 aromatic carbocycles. The summed E-state index contributed by atoms with van der Waals surface area (Å²) in [7, 11) is 0. The highest BCUT2D eigenvalue weighted by molar-refractivity contribution is 14.1. The summed E-state index contributed by atoms with van der Waals surface area (Å²) >= 11 is 2.12. The van der Waals surface area contributed by atoms with E-state index in [0.29, 0.717) is 5.88 Å². The van der Waals surface area contributed by atoms with Crippen LogP contribution in [0, 0.1) is 3.70 Å². The number of amides is 1. The fraction of sp³-hybridized carbons (Fsp3) is 0.722. The van der Waals surface area contributed by atoms with E-state index in [9.17, 15) is 4.79 Å². The van der Waals surface area contributed by atoms with E-state index < -0.39 is 5.60 Å². The van der Waals surface area contributed by atoms with Crippen LogP contribution in [0.2, 0.25) is 0 Å². The van der Waals surface area contributed by atoms with E-state index in [0.717, 1.165) is 29.4 Å². The minimum absolute atomic E-state index is 0.0190. The number of ether oxygens (including phenoxy) is 2. The van der Waals surface area contributed by atoms with Crippen molar-refractivity contribution in [1.29, 1.82) is 0 Å². The van der Waals surface area contributed by atoms with Crippen molar-refractivity contribution in [3.8, 4) is 5.88 Å². The molecule has 7 heteroatoms. The van der Waals surface area contributed by atoms with Crippen LogP contribution in [0.5, 0.6) is 5.88 Å². The number of nitrogens with zero attached hydrogens (tertiary/aromatic N) is 3. The molecule has 1 amide bonds. The van der Waals surface area contributed by atoms with Gasteiger partial charge in [0.05, 0.1) is 0 Å². The first-order valence-corrected chi connectivity index (χ1v) is 9.78. The Hall–Kier alpha value is -1.12. The summed E-state index contributed by atoms with van der Waals surface area (Å²) < 4.78 is 12.6. The molecule has 0 N–H and O–H groups in total. The number of carbonyl (C=O) groups is 1. The molecular weight excluding hydrogens is 433 g/mol. The van der Waals surface area contributed by atoms with Gasteiger partial charge in [-0.2, -0.15) is 0 Å². The van der Waals surface area contributed by atoms with E-state index in [4.69, 9.17) is 9.47 Å². The Bertz CT molecular complexity index is 641. The number of hydrogen-bond acceptors (Lipinski definition) is 5. The van der Waals surface area contributed by atoms with Crippen molar-refractivity contribution >= 4 is 28.7 Å². The molecule has 138 valence electrons. The molecule has 0 saturated carbocycles. The molecule has 2 bridgehead atoms. The first-order chi connectivity index (χ1) is 11.5. The van der Waals surface area contributed by atoms with Crippen molar-refractivity contribution in [2.45, 2.75) is 83.1 Å². The topological polar surface area (TPSA) is 64.5 Å². The third kappa shape index (κ3) is 3.85. The number of piperidine rings is 1. The number of rotatable bonds is 2. The average Bonchev–Trinajstić information content (AvgIpc) is 2.63. The molecule has 0 radical (unpaired) electrons. The van der Waals surface area contributed by atoms with Crippen molar-refractivity contribution in [2.75, 3.05) is 0 Å². The van der Waals surface area contributed by atoms with Crippen LogP contribution >= 0.6 is 22.6 Å².